The number of carbonyl (C=O) groups is 2. The minimum Gasteiger partial charge on any atom is -0.497 e. The Bertz CT molecular complexity index is 908. The molecule has 2 aromatic rings. The van der Waals surface area contributed by atoms with Crippen molar-refractivity contribution in [3.05, 3.63) is 60.7 Å². The number of methoxy groups -OCH3 is 1. The molecule has 10 heteroatoms. The number of ether oxygens (including phenoxy) is 2. The van der Waals surface area contributed by atoms with Gasteiger partial charge >= 0.3 is 6.03 Å². The van der Waals surface area contributed by atoms with Crippen LogP contribution in [-0.2, 0) is 16.1 Å². The second-order valence-electron chi connectivity index (χ2n) is 6.82. The van der Waals surface area contributed by atoms with Crippen molar-refractivity contribution in [3.8, 4) is 5.75 Å². The smallest absolute Gasteiger partial charge is 0.319 e. The number of nitrogens with zero attached hydrogens (tertiary/aromatic N) is 2. The van der Waals surface area contributed by atoms with Gasteiger partial charge in [-0.25, -0.2) is 14.8 Å². The average Bonchev–Trinajstić information content (AvgIpc) is 2.79. The molecule has 1 aliphatic heterocycles. The van der Waals surface area contributed by atoms with Crippen LogP contribution < -0.4 is 20.7 Å². The normalized spacial score (nSPS) is 20.0. The summed E-state index contributed by atoms with van der Waals surface area (Å²) in [4.78, 5) is 32.4. The minimum atomic E-state index is -0.680. The molecule has 3 rings (SSSR count). The van der Waals surface area contributed by atoms with E-state index in [1.165, 1.54) is 6.33 Å². The number of benzene rings is 1. The number of urea groups is 1. The molecule has 0 fully saturated rings. The van der Waals surface area contributed by atoms with Crippen molar-refractivity contribution in [3.63, 3.8) is 0 Å². The number of aliphatic hydroxyl groups is 1. The van der Waals surface area contributed by atoms with Crippen LogP contribution in [-0.4, -0.2) is 59.0 Å². The maximum atomic E-state index is 12.3. The molecule has 3 atom stereocenters. The van der Waals surface area contributed by atoms with E-state index in [0.717, 1.165) is 0 Å². The molecular weight excluding hydrogens is 402 g/mol. The standard InChI is InChI=1S/C21H25N5O5/c1-30-16-4-2-3-14(9-16)25-21(29)26-18-6-5-17(31-19(18)12-27)10-20(28)23-11-15-7-8-22-13-24-15/h2-9,13,17-19,27H,10-12H2,1H3,(H,23,28)(H2,25,26,29)/t17-,18+,19+/m1/s1. The average molecular weight is 427 g/mol. The second kappa shape index (κ2) is 11.0. The van der Waals surface area contributed by atoms with Crippen molar-refractivity contribution in [2.24, 2.45) is 0 Å². The van der Waals surface area contributed by atoms with Gasteiger partial charge < -0.3 is 30.5 Å². The summed E-state index contributed by atoms with van der Waals surface area (Å²) in [5.41, 5.74) is 1.26. The van der Waals surface area contributed by atoms with E-state index in [4.69, 9.17) is 9.47 Å². The third kappa shape index (κ3) is 6.76. The Labute approximate surface area is 179 Å². The van der Waals surface area contributed by atoms with Crippen LogP contribution >= 0.6 is 0 Å². The lowest BCUT2D eigenvalue weighted by Crippen LogP contribution is -2.50. The summed E-state index contributed by atoms with van der Waals surface area (Å²) in [6, 6.07) is 7.66. The van der Waals surface area contributed by atoms with Gasteiger partial charge in [-0.05, 0) is 18.2 Å². The first-order chi connectivity index (χ1) is 15.1. The van der Waals surface area contributed by atoms with Crippen LogP contribution in [0.1, 0.15) is 12.1 Å². The van der Waals surface area contributed by atoms with E-state index >= 15 is 0 Å². The quantitative estimate of drug-likeness (QED) is 0.462. The topological polar surface area (TPSA) is 135 Å². The van der Waals surface area contributed by atoms with Gasteiger partial charge in [-0.3, -0.25) is 4.79 Å². The highest BCUT2D eigenvalue weighted by molar-refractivity contribution is 5.89. The Morgan fingerprint density at radius 3 is 2.87 bits per heavy atom. The highest BCUT2D eigenvalue weighted by Crippen LogP contribution is 2.18. The maximum absolute atomic E-state index is 12.3. The van der Waals surface area contributed by atoms with Gasteiger partial charge in [0.05, 0.1) is 44.5 Å². The van der Waals surface area contributed by atoms with Gasteiger partial charge in [-0.2, -0.15) is 0 Å². The van der Waals surface area contributed by atoms with Crippen molar-refractivity contribution < 1.29 is 24.2 Å². The first-order valence-electron chi connectivity index (χ1n) is 9.75. The molecule has 0 radical (unpaired) electrons. The fourth-order valence-electron chi connectivity index (χ4n) is 3.02. The summed E-state index contributed by atoms with van der Waals surface area (Å²) in [5.74, 6) is 0.403. The van der Waals surface area contributed by atoms with E-state index in [1.54, 1.807) is 55.8 Å². The molecule has 1 aliphatic rings. The molecule has 2 heterocycles. The third-order valence-corrected chi connectivity index (χ3v) is 4.59. The Balaban J connectivity index is 1.49. The lowest BCUT2D eigenvalue weighted by molar-refractivity contribution is -0.125. The molecule has 0 spiro atoms. The van der Waals surface area contributed by atoms with Crippen molar-refractivity contribution in [1.29, 1.82) is 0 Å². The molecule has 0 saturated carbocycles. The number of hydrogen-bond acceptors (Lipinski definition) is 7. The van der Waals surface area contributed by atoms with E-state index in [2.05, 4.69) is 25.9 Å². The predicted octanol–water partition coefficient (Wildman–Crippen LogP) is 0.998. The molecule has 3 amide bonds. The molecule has 0 unspecified atom stereocenters. The van der Waals surface area contributed by atoms with Crippen LogP contribution in [0.4, 0.5) is 10.5 Å². The lowest BCUT2D eigenvalue weighted by Gasteiger charge is -2.31. The fraction of sp³-hybridized carbons (Fsp3) is 0.333. The number of amides is 3. The summed E-state index contributed by atoms with van der Waals surface area (Å²) < 4.78 is 10.9. The molecular formula is C21H25N5O5. The fourth-order valence-corrected chi connectivity index (χ4v) is 3.02. The van der Waals surface area contributed by atoms with Crippen molar-refractivity contribution >= 4 is 17.6 Å². The van der Waals surface area contributed by atoms with Gasteiger partial charge in [0.2, 0.25) is 5.91 Å². The van der Waals surface area contributed by atoms with Crippen LogP contribution in [0.25, 0.3) is 0 Å². The zero-order valence-corrected chi connectivity index (χ0v) is 17.0. The monoisotopic (exact) mass is 427 g/mol. The number of carbonyl (C=O) groups excluding carboxylic acids is 2. The number of aliphatic hydroxyl groups excluding tert-OH is 1. The third-order valence-electron chi connectivity index (χ3n) is 4.59. The Kier molecular flexibility index (Phi) is 7.91. The lowest BCUT2D eigenvalue weighted by atomic mass is 10.0. The van der Waals surface area contributed by atoms with Crippen LogP contribution in [0.3, 0.4) is 0 Å². The van der Waals surface area contributed by atoms with Gasteiger partial charge in [0, 0.05) is 18.0 Å². The van der Waals surface area contributed by atoms with E-state index in [0.29, 0.717) is 17.1 Å². The van der Waals surface area contributed by atoms with Crippen LogP contribution in [0.15, 0.2) is 55.0 Å². The molecule has 1 aromatic carbocycles. The summed E-state index contributed by atoms with van der Waals surface area (Å²) in [6.45, 7) is -0.0245. The second-order valence-corrected chi connectivity index (χ2v) is 6.82. The highest BCUT2D eigenvalue weighted by atomic mass is 16.5. The Morgan fingerprint density at radius 1 is 1.26 bits per heavy atom. The summed E-state index contributed by atoms with van der Waals surface area (Å²) in [7, 11) is 1.54. The minimum absolute atomic E-state index is 0.0841. The number of aromatic nitrogens is 2. The highest BCUT2D eigenvalue weighted by Gasteiger charge is 2.29. The van der Waals surface area contributed by atoms with Crippen molar-refractivity contribution in [2.75, 3.05) is 19.0 Å². The van der Waals surface area contributed by atoms with E-state index in [9.17, 15) is 14.7 Å². The largest absolute Gasteiger partial charge is 0.497 e. The molecule has 0 bridgehead atoms. The first kappa shape index (κ1) is 22.2. The zero-order chi connectivity index (χ0) is 22.1. The molecule has 0 aliphatic carbocycles. The SMILES string of the molecule is COc1cccc(NC(=O)N[C@H]2C=C[C@H](CC(=O)NCc3ccncn3)O[C@H]2CO)c1. The molecule has 31 heavy (non-hydrogen) atoms. The number of rotatable bonds is 8. The molecule has 0 saturated heterocycles. The predicted molar refractivity (Wildman–Crippen MR) is 112 cm³/mol. The molecule has 10 nitrogen and oxygen atoms in total. The number of anilines is 1. The zero-order valence-electron chi connectivity index (χ0n) is 17.0. The van der Waals surface area contributed by atoms with E-state index in [1.807, 2.05) is 0 Å². The number of nitrogens with one attached hydrogen (secondary N) is 3. The van der Waals surface area contributed by atoms with Crippen molar-refractivity contribution in [2.45, 2.75) is 31.2 Å². The summed E-state index contributed by atoms with van der Waals surface area (Å²) in [6.07, 6.45) is 5.33. The van der Waals surface area contributed by atoms with E-state index in [-0.39, 0.29) is 25.5 Å². The Hall–Kier alpha value is -3.50. The summed E-state index contributed by atoms with van der Waals surface area (Å²) in [5, 5.41) is 17.9. The summed E-state index contributed by atoms with van der Waals surface area (Å²) >= 11 is 0. The molecule has 164 valence electrons. The maximum Gasteiger partial charge on any atom is 0.319 e. The molecule has 1 aromatic heterocycles. The van der Waals surface area contributed by atoms with Crippen LogP contribution in [0.2, 0.25) is 0 Å². The Morgan fingerprint density at radius 2 is 2.13 bits per heavy atom. The van der Waals surface area contributed by atoms with Gasteiger partial charge in [0.1, 0.15) is 18.2 Å². The van der Waals surface area contributed by atoms with Crippen LogP contribution in [0, 0.1) is 0 Å². The first-order valence-corrected chi connectivity index (χ1v) is 9.75. The van der Waals surface area contributed by atoms with E-state index < -0.39 is 24.3 Å². The van der Waals surface area contributed by atoms with Gasteiger partial charge in [-0.15, -0.1) is 0 Å². The van der Waals surface area contributed by atoms with Crippen LogP contribution in [0.5, 0.6) is 5.75 Å². The number of hydrogen-bond donors (Lipinski definition) is 4. The molecule has 4 N–H and O–H groups in total. The van der Waals surface area contributed by atoms with Crippen molar-refractivity contribution in [1.82, 2.24) is 20.6 Å². The van der Waals surface area contributed by atoms with Gasteiger partial charge in [0.25, 0.3) is 0 Å². The van der Waals surface area contributed by atoms with Gasteiger partial charge in [-0.1, -0.05) is 18.2 Å². The van der Waals surface area contributed by atoms with Gasteiger partial charge in [0.15, 0.2) is 0 Å².